The van der Waals surface area contributed by atoms with Crippen molar-refractivity contribution in [3.8, 4) is 5.75 Å². The van der Waals surface area contributed by atoms with E-state index in [1.54, 1.807) is 32.2 Å². The third kappa shape index (κ3) is 6.54. The summed E-state index contributed by atoms with van der Waals surface area (Å²) in [7, 11) is -2.29. The van der Waals surface area contributed by atoms with E-state index >= 15 is 0 Å². The molecule has 10 heteroatoms. The van der Waals surface area contributed by atoms with Crippen LogP contribution in [0.4, 0.5) is 5.69 Å². The number of nitrogens with zero attached hydrogens (tertiary/aromatic N) is 1. The summed E-state index contributed by atoms with van der Waals surface area (Å²) in [6.07, 6.45) is 9.54. The van der Waals surface area contributed by atoms with Crippen LogP contribution in [0.1, 0.15) is 87.7 Å². The maximum absolute atomic E-state index is 13.5. The third-order valence-electron chi connectivity index (χ3n) is 11.7. The zero-order chi connectivity index (χ0) is 34.4. The smallest absolute Gasteiger partial charge is 0.264 e. The van der Waals surface area contributed by atoms with Crippen LogP contribution in [0.2, 0.25) is 5.02 Å². The number of methoxy groups -OCH3 is 1. The molecule has 2 aliphatic heterocycles. The third-order valence-corrected chi connectivity index (χ3v) is 13.9. The number of hydrogen-bond acceptors (Lipinski definition) is 7. The molecule has 2 bridgehead atoms. The van der Waals surface area contributed by atoms with E-state index in [1.165, 1.54) is 11.1 Å². The first kappa shape index (κ1) is 35.0. The van der Waals surface area contributed by atoms with Crippen LogP contribution >= 0.6 is 11.6 Å². The van der Waals surface area contributed by atoms with Gasteiger partial charge in [-0.15, -0.1) is 0 Å². The summed E-state index contributed by atoms with van der Waals surface area (Å²) in [6, 6.07) is 11.4. The highest BCUT2D eigenvalue weighted by Crippen LogP contribution is 2.50. The molecule has 0 unspecified atom stereocenters. The van der Waals surface area contributed by atoms with Crippen molar-refractivity contribution in [1.29, 1.82) is 0 Å². The first-order valence-electron chi connectivity index (χ1n) is 17.4. The highest BCUT2D eigenvalue weighted by atomic mass is 35.5. The van der Waals surface area contributed by atoms with Crippen LogP contribution in [0.15, 0.2) is 48.6 Å². The Morgan fingerprint density at radius 1 is 1.17 bits per heavy atom. The van der Waals surface area contributed by atoms with Crippen LogP contribution in [-0.2, 0) is 31.4 Å². The van der Waals surface area contributed by atoms with E-state index in [0.717, 1.165) is 42.8 Å². The topological polar surface area (TPSA) is 102 Å². The summed E-state index contributed by atoms with van der Waals surface area (Å²) >= 11 is 6.45. The second-order valence-electron chi connectivity index (χ2n) is 15.0. The number of sulfonamides is 1. The molecule has 1 saturated carbocycles. The summed E-state index contributed by atoms with van der Waals surface area (Å²) in [5.41, 5.74) is 2.41. The molecule has 1 spiro atoms. The van der Waals surface area contributed by atoms with E-state index in [4.69, 9.17) is 21.1 Å². The lowest BCUT2D eigenvalue weighted by molar-refractivity contribution is -0.133. The largest absolute Gasteiger partial charge is 0.490 e. The number of aryl methyl sites for hydroxylation is 1. The normalized spacial score (nSPS) is 32.2. The van der Waals surface area contributed by atoms with Crippen LogP contribution in [0.5, 0.6) is 5.75 Å². The minimum absolute atomic E-state index is 0.0818. The quantitative estimate of drug-likeness (QED) is 0.348. The van der Waals surface area contributed by atoms with Crippen LogP contribution in [0, 0.1) is 23.7 Å². The summed E-state index contributed by atoms with van der Waals surface area (Å²) in [6.45, 7) is 9.16. The van der Waals surface area contributed by atoms with Gasteiger partial charge < -0.3 is 14.4 Å². The molecule has 260 valence electrons. The van der Waals surface area contributed by atoms with Gasteiger partial charge in [0.25, 0.3) is 5.91 Å². The number of halogens is 1. The molecule has 2 aliphatic carbocycles. The molecule has 0 radical (unpaired) electrons. The van der Waals surface area contributed by atoms with Gasteiger partial charge in [-0.2, -0.15) is 0 Å². The summed E-state index contributed by atoms with van der Waals surface area (Å²) in [5, 5.41) is -0.106. The van der Waals surface area contributed by atoms with Crippen molar-refractivity contribution in [3.05, 3.63) is 70.3 Å². The number of Topliss-reactive ketones (excluding diaryl/α,β-unsaturated/α-hetero) is 1. The van der Waals surface area contributed by atoms with Gasteiger partial charge in [0.2, 0.25) is 10.0 Å². The fraction of sp³-hybridized carbons (Fsp3) is 0.579. The highest BCUT2D eigenvalue weighted by Gasteiger charge is 2.50. The number of rotatable bonds is 4. The predicted octanol–water partition coefficient (Wildman–Crippen LogP) is 6.88. The lowest BCUT2D eigenvalue weighted by Crippen LogP contribution is -2.54. The summed E-state index contributed by atoms with van der Waals surface area (Å²) in [5.74, 6) is 0.0358. The number of anilines is 1. The van der Waals surface area contributed by atoms with Crippen molar-refractivity contribution in [2.75, 3.05) is 31.7 Å². The van der Waals surface area contributed by atoms with Gasteiger partial charge in [-0.05, 0) is 105 Å². The minimum Gasteiger partial charge on any atom is -0.490 e. The van der Waals surface area contributed by atoms with E-state index in [1.807, 2.05) is 39.0 Å². The summed E-state index contributed by atoms with van der Waals surface area (Å²) < 4.78 is 42.2. The van der Waals surface area contributed by atoms with Crippen molar-refractivity contribution in [2.45, 2.75) is 88.9 Å². The van der Waals surface area contributed by atoms with Gasteiger partial charge in [-0.1, -0.05) is 50.6 Å². The molecule has 0 saturated heterocycles. The Labute approximate surface area is 290 Å². The molecule has 2 aromatic carbocycles. The Bertz CT molecular complexity index is 1710. The Kier molecular flexibility index (Phi) is 9.79. The Morgan fingerprint density at radius 3 is 2.67 bits per heavy atom. The van der Waals surface area contributed by atoms with Gasteiger partial charge in [0.1, 0.15) is 11.5 Å². The number of allylic oxidation sites excluding steroid dienone is 1. The van der Waals surface area contributed by atoms with Gasteiger partial charge in [0, 0.05) is 48.5 Å². The van der Waals surface area contributed by atoms with E-state index in [2.05, 4.69) is 21.8 Å². The maximum atomic E-state index is 13.5. The molecule has 1 amide bonds. The Morgan fingerprint density at radius 2 is 1.96 bits per heavy atom. The molecular formula is C38H49ClN2O6S. The van der Waals surface area contributed by atoms with Crippen LogP contribution in [-0.4, -0.2) is 57.8 Å². The number of amides is 1. The van der Waals surface area contributed by atoms with E-state index < -0.39 is 26.8 Å². The lowest BCUT2D eigenvalue weighted by atomic mass is 9.62. The molecule has 2 aromatic rings. The number of hydrogen-bond donors (Lipinski definition) is 1. The van der Waals surface area contributed by atoms with Crippen molar-refractivity contribution < 1.29 is 27.5 Å². The molecule has 48 heavy (non-hydrogen) atoms. The average Bonchev–Trinajstić information content (AvgIpc) is 3.18. The zero-order valence-electron chi connectivity index (χ0n) is 28.8. The molecule has 0 aromatic heterocycles. The van der Waals surface area contributed by atoms with Crippen molar-refractivity contribution in [1.82, 2.24) is 4.72 Å². The van der Waals surface area contributed by atoms with Crippen molar-refractivity contribution in [2.24, 2.45) is 23.7 Å². The number of benzene rings is 2. The minimum atomic E-state index is -3.98. The number of carbonyl (C=O) groups excluding carboxylic acids is 2. The van der Waals surface area contributed by atoms with Gasteiger partial charge in [0.05, 0.1) is 23.1 Å². The molecule has 6 rings (SSSR count). The first-order valence-corrected chi connectivity index (χ1v) is 19.3. The number of ketones is 1. The number of ether oxygens (including phenoxy) is 2. The Hall–Kier alpha value is -2.88. The molecule has 1 fully saturated rings. The lowest BCUT2D eigenvalue weighted by Gasteiger charge is -2.50. The summed E-state index contributed by atoms with van der Waals surface area (Å²) in [4.78, 5) is 29.2. The van der Waals surface area contributed by atoms with E-state index in [9.17, 15) is 18.0 Å². The average molecular weight is 697 g/mol. The number of fused-ring (bicyclic) bond motifs is 4. The number of carbonyl (C=O) groups is 2. The van der Waals surface area contributed by atoms with Crippen LogP contribution in [0.25, 0.3) is 0 Å². The van der Waals surface area contributed by atoms with Gasteiger partial charge in [0.15, 0.2) is 0 Å². The highest BCUT2D eigenvalue weighted by molar-refractivity contribution is 7.90. The fourth-order valence-electron chi connectivity index (χ4n) is 8.31. The maximum Gasteiger partial charge on any atom is 0.264 e. The van der Waals surface area contributed by atoms with Gasteiger partial charge in [-0.25, -0.2) is 13.1 Å². The Balaban J connectivity index is 1.47. The second-order valence-corrected chi connectivity index (χ2v) is 17.5. The molecule has 2 heterocycles. The van der Waals surface area contributed by atoms with Gasteiger partial charge >= 0.3 is 0 Å². The fourth-order valence-corrected chi connectivity index (χ4v) is 9.79. The van der Waals surface area contributed by atoms with Crippen LogP contribution < -0.4 is 14.4 Å². The monoisotopic (exact) mass is 696 g/mol. The molecule has 1 N–H and O–H groups in total. The molecule has 6 atom stereocenters. The van der Waals surface area contributed by atoms with Crippen molar-refractivity contribution >= 4 is 39.0 Å². The van der Waals surface area contributed by atoms with E-state index in [-0.39, 0.29) is 46.9 Å². The molecular weight excluding hydrogens is 648 g/mol. The van der Waals surface area contributed by atoms with Crippen LogP contribution in [0.3, 0.4) is 0 Å². The standard InChI is InChI=1S/C38H49ClN2O6S/c1-24(2)34(42)20-38(46-5)17-6-8-25(3)26(4)48(44,45)40-36(43)28-11-15-35-33(19-28)41(21-29-10-13-32(29)38)22-37(23-47-35)16-7-9-27-18-30(39)12-14-31(27)37/h6,11-12,14-15,17-19,24-26,29,32H,7-10,13,16,20-23H2,1-5H3,(H,40,43)/b17-6+/t25-,26+,29-,32+,37-,38+/m0/s1. The molecule has 8 nitrogen and oxygen atoms in total. The SMILES string of the molecule is CO[C@@]1(CC(=O)C(C)C)/C=C/C[C@H](C)[C@@H](C)S(=O)(=O)NC(=O)c2ccc3c(c2)N(C[C@@H]2CC[C@H]21)C[C@@]1(CCCc2cc(Cl)ccc21)CO3. The van der Waals surface area contributed by atoms with E-state index in [0.29, 0.717) is 31.9 Å². The zero-order valence-corrected chi connectivity index (χ0v) is 30.3. The second kappa shape index (κ2) is 13.4. The molecule has 4 aliphatic rings. The van der Waals surface area contributed by atoms with Gasteiger partial charge in [-0.3, -0.25) is 9.59 Å². The first-order chi connectivity index (χ1) is 22.8. The van der Waals surface area contributed by atoms with Crippen molar-refractivity contribution in [3.63, 3.8) is 0 Å². The predicted molar refractivity (Wildman–Crippen MR) is 189 cm³/mol. The number of nitrogens with one attached hydrogen (secondary N) is 1.